The summed E-state index contributed by atoms with van der Waals surface area (Å²) in [4.78, 5) is 20.4. The van der Waals surface area contributed by atoms with Crippen LogP contribution in [-0.2, 0) is 17.4 Å². The summed E-state index contributed by atoms with van der Waals surface area (Å²) in [6.45, 7) is 1.94. The van der Waals surface area contributed by atoms with Crippen LogP contribution in [0, 0.1) is 0 Å². The van der Waals surface area contributed by atoms with Gasteiger partial charge in [-0.05, 0) is 37.1 Å². The second-order valence-electron chi connectivity index (χ2n) is 7.28. The minimum absolute atomic E-state index is 0.115. The van der Waals surface area contributed by atoms with Crippen molar-refractivity contribution in [2.75, 3.05) is 20.8 Å². The zero-order valence-electron chi connectivity index (χ0n) is 18.8. The average molecular weight is 492 g/mol. The first-order valence-corrected chi connectivity index (χ1v) is 11.3. The molecule has 0 aliphatic rings. The molecule has 1 atom stereocenters. The van der Waals surface area contributed by atoms with E-state index in [1.807, 2.05) is 12.1 Å². The monoisotopic (exact) mass is 491 g/mol. The standard InChI is InChI=1S/C24H24F3N3O3S/c1-15(22(31)28-12-11-16-9-10-19(32-2)20(13-16)33-3)34-23-29-18(17-7-5-4-6-8-17)14-21(30-23)24(25,26)27/h4-10,13-15H,11-12H2,1-3H3,(H,28,31). The van der Waals surface area contributed by atoms with E-state index in [2.05, 4.69) is 15.3 Å². The lowest BCUT2D eigenvalue weighted by Gasteiger charge is -2.14. The quantitative estimate of drug-likeness (QED) is 0.335. The lowest BCUT2D eigenvalue weighted by Crippen LogP contribution is -2.32. The van der Waals surface area contributed by atoms with Crippen molar-refractivity contribution < 1.29 is 27.4 Å². The van der Waals surface area contributed by atoms with E-state index in [-0.39, 0.29) is 16.8 Å². The van der Waals surface area contributed by atoms with E-state index in [0.29, 0.717) is 30.0 Å². The summed E-state index contributed by atoms with van der Waals surface area (Å²) < 4.78 is 50.7. The number of halogens is 3. The second-order valence-corrected chi connectivity index (χ2v) is 8.58. The van der Waals surface area contributed by atoms with Gasteiger partial charge in [-0.3, -0.25) is 4.79 Å². The molecule has 10 heteroatoms. The maximum Gasteiger partial charge on any atom is 0.433 e. The molecule has 3 rings (SSSR count). The van der Waals surface area contributed by atoms with Crippen molar-refractivity contribution in [3.63, 3.8) is 0 Å². The summed E-state index contributed by atoms with van der Waals surface area (Å²) in [5, 5.41) is 1.99. The molecule has 0 aliphatic carbocycles. The molecule has 0 bridgehead atoms. The van der Waals surface area contributed by atoms with Gasteiger partial charge in [0.15, 0.2) is 16.7 Å². The summed E-state index contributed by atoms with van der Waals surface area (Å²) in [6, 6.07) is 14.9. The van der Waals surface area contributed by atoms with Gasteiger partial charge in [-0.1, -0.05) is 48.2 Å². The van der Waals surface area contributed by atoms with Crippen molar-refractivity contribution >= 4 is 17.7 Å². The highest BCUT2D eigenvalue weighted by Gasteiger charge is 2.34. The van der Waals surface area contributed by atoms with Crippen LogP contribution in [0.1, 0.15) is 18.2 Å². The highest BCUT2D eigenvalue weighted by Crippen LogP contribution is 2.33. The summed E-state index contributed by atoms with van der Waals surface area (Å²) in [5.74, 6) is 0.871. The molecular formula is C24H24F3N3O3S. The van der Waals surface area contributed by atoms with Crippen molar-refractivity contribution in [1.82, 2.24) is 15.3 Å². The van der Waals surface area contributed by atoms with E-state index >= 15 is 0 Å². The van der Waals surface area contributed by atoms with Crippen molar-refractivity contribution in [2.24, 2.45) is 0 Å². The predicted octanol–water partition coefficient (Wildman–Crippen LogP) is 5.02. The van der Waals surface area contributed by atoms with Crippen molar-refractivity contribution in [3.05, 3.63) is 65.9 Å². The van der Waals surface area contributed by atoms with Crippen LogP contribution in [0.5, 0.6) is 11.5 Å². The summed E-state index contributed by atoms with van der Waals surface area (Å²) in [7, 11) is 3.09. The number of alkyl halides is 3. The predicted molar refractivity (Wildman–Crippen MR) is 124 cm³/mol. The molecular weight excluding hydrogens is 467 g/mol. The molecule has 0 spiro atoms. The Labute approximate surface area is 199 Å². The van der Waals surface area contributed by atoms with Crippen LogP contribution < -0.4 is 14.8 Å². The van der Waals surface area contributed by atoms with Crippen molar-refractivity contribution in [1.29, 1.82) is 0 Å². The van der Waals surface area contributed by atoms with Gasteiger partial charge in [0.05, 0.1) is 25.2 Å². The number of aromatic nitrogens is 2. The van der Waals surface area contributed by atoms with Gasteiger partial charge in [0.1, 0.15) is 5.69 Å². The zero-order valence-corrected chi connectivity index (χ0v) is 19.7. The summed E-state index contributed by atoms with van der Waals surface area (Å²) in [5.41, 5.74) is 0.563. The molecule has 3 aromatic rings. The van der Waals surface area contributed by atoms with Gasteiger partial charge in [-0.25, -0.2) is 9.97 Å². The third-order valence-electron chi connectivity index (χ3n) is 4.88. The molecule has 1 amide bonds. The number of carbonyl (C=O) groups is 1. The van der Waals surface area contributed by atoms with Gasteiger partial charge < -0.3 is 14.8 Å². The normalized spacial score (nSPS) is 12.2. The van der Waals surface area contributed by atoms with E-state index in [1.54, 1.807) is 57.5 Å². The van der Waals surface area contributed by atoms with Gasteiger partial charge in [0, 0.05) is 12.1 Å². The van der Waals surface area contributed by atoms with Gasteiger partial charge in [0.2, 0.25) is 5.91 Å². The van der Waals surface area contributed by atoms with Gasteiger partial charge in [-0.2, -0.15) is 13.2 Å². The fourth-order valence-corrected chi connectivity index (χ4v) is 3.91. The van der Waals surface area contributed by atoms with E-state index in [0.717, 1.165) is 23.4 Å². The topological polar surface area (TPSA) is 73.3 Å². The Hall–Kier alpha value is -3.27. The van der Waals surface area contributed by atoms with E-state index in [4.69, 9.17) is 9.47 Å². The lowest BCUT2D eigenvalue weighted by atomic mass is 10.1. The molecule has 0 aliphatic heterocycles. The third kappa shape index (κ3) is 6.63. The largest absolute Gasteiger partial charge is 0.493 e. The first kappa shape index (κ1) is 25.4. The van der Waals surface area contributed by atoms with Crippen LogP contribution in [-0.4, -0.2) is 41.9 Å². The Bertz CT molecular complexity index is 1130. The highest BCUT2D eigenvalue weighted by molar-refractivity contribution is 8.00. The number of methoxy groups -OCH3 is 2. The number of hydrogen-bond acceptors (Lipinski definition) is 6. The van der Waals surface area contributed by atoms with Crippen LogP contribution in [0.15, 0.2) is 59.8 Å². The lowest BCUT2D eigenvalue weighted by molar-refractivity contribution is -0.141. The number of nitrogens with one attached hydrogen (secondary N) is 1. The molecule has 0 fully saturated rings. The smallest absolute Gasteiger partial charge is 0.433 e. The maximum atomic E-state index is 13.4. The van der Waals surface area contributed by atoms with Crippen LogP contribution in [0.3, 0.4) is 0 Å². The number of nitrogens with zero attached hydrogens (tertiary/aromatic N) is 2. The number of hydrogen-bond donors (Lipinski definition) is 1. The number of amides is 1. The number of rotatable bonds is 9. The molecule has 180 valence electrons. The molecule has 1 aromatic heterocycles. The zero-order chi connectivity index (χ0) is 24.7. The van der Waals surface area contributed by atoms with Crippen LogP contribution in [0.25, 0.3) is 11.3 Å². The number of benzene rings is 2. The first-order valence-electron chi connectivity index (χ1n) is 10.4. The minimum Gasteiger partial charge on any atom is -0.493 e. The highest BCUT2D eigenvalue weighted by atomic mass is 32.2. The van der Waals surface area contributed by atoms with Gasteiger partial charge in [-0.15, -0.1) is 0 Å². The minimum atomic E-state index is -4.63. The van der Waals surface area contributed by atoms with Gasteiger partial charge in [0.25, 0.3) is 0 Å². The van der Waals surface area contributed by atoms with Gasteiger partial charge >= 0.3 is 6.18 Å². The molecule has 1 heterocycles. The van der Waals surface area contributed by atoms with E-state index < -0.39 is 17.1 Å². The second kappa shape index (κ2) is 11.2. The number of thioether (sulfide) groups is 1. The summed E-state index contributed by atoms with van der Waals surface area (Å²) in [6.07, 6.45) is -4.09. The van der Waals surface area contributed by atoms with E-state index in [9.17, 15) is 18.0 Å². The summed E-state index contributed by atoms with van der Waals surface area (Å²) >= 11 is 0.877. The number of ether oxygens (including phenoxy) is 2. The first-order chi connectivity index (χ1) is 16.2. The Morgan fingerprint density at radius 2 is 1.74 bits per heavy atom. The fraction of sp³-hybridized carbons (Fsp3) is 0.292. The molecule has 1 unspecified atom stereocenters. The Morgan fingerprint density at radius 1 is 1.03 bits per heavy atom. The molecule has 2 aromatic carbocycles. The molecule has 6 nitrogen and oxygen atoms in total. The van der Waals surface area contributed by atoms with Crippen molar-refractivity contribution in [3.8, 4) is 22.8 Å². The van der Waals surface area contributed by atoms with Crippen LogP contribution in [0.4, 0.5) is 13.2 Å². The molecule has 34 heavy (non-hydrogen) atoms. The van der Waals surface area contributed by atoms with Crippen LogP contribution in [0.2, 0.25) is 0 Å². The molecule has 0 radical (unpaired) electrons. The Kier molecular flexibility index (Phi) is 8.38. The molecule has 0 saturated heterocycles. The molecule has 1 N–H and O–H groups in total. The Morgan fingerprint density at radius 3 is 2.38 bits per heavy atom. The molecule has 0 saturated carbocycles. The fourth-order valence-electron chi connectivity index (χ4n) is 3.10. The average Bonchev–Trinajstić information content (AvgIpc) is 2.83. The maximum absolute atomic E-state index is 13.4. The number of carbonyl (C=O) groups excluding carboxylic acids is 1. The van der Waals surface area contributed by atoms with E-state index in [1.165, 1.54) is 0 Å². The Balaban J connectivity index is 1.66. The SMILES string of the molecule is COc1ccc(CCNC(=O)C(C)Sc2nc(-c3ccccc3)cc(C(F)(F)F)n2)cc1OC. The third-order valence-corrected chi connectivity index (χ3v) is 5.84. The van der Waals surface area contributed by atoms with Crippen molar-refractivity contribution in [2.45, 2.75) is 29.9 Å². The van der Waals surface area contributed by atoms with Crippen LogP contribution >= 0.6 is 11.8 Å².